The van der Waals surface area contributed by atoms with E-state index in [4.69, 9.17) is 5.11 Å². The average Bonchev–Trinajstić information content (AvgIpc) is 3.26. The van der Waals surface area contributed by atoms with Gasteiger partial charge in [-0.3, -0.25) is 4.79 Å². The number of carboxylic acid groups (broad SMARTS) is 1. The minimum atomic E-state index is -0.992. The van der Waals surface area contributed by atoms with Crippen molar-refractivity contribution in [1.29, 1.82) is 0 Å². The Kier molecular flexibility index (Phi) is 4.10. The summed E-state index contributed by atoms with van der Waals surface area (Å²) in [6, 6.07) is 8.69. The number of aromatic nitrogens is 3. The Hall–Kier alpha value is -2.70. The monoisotopic (exact) mass is 314 g/mol. The average molecular weight is 314 g/mol. The highest BCUT2D eigenvalue weighted by molar-refractivity contribution is 5.83. The van der Waals surface area contributed by atoms with Gasteiger partial charge in [0.15, 0.2) is 5.82 Å². The fraction of sp³-hybridized carbons (Fsp3) is 0.375. The van der Waals surface area contributed by atoms with Crippen LogP contribution in [0, 0.1) is 0 Å². The van der Waals surface area contributed by atoms with Gasteiger partial charge in [0, 0.05) is 11.6 Å². The summed E-state index contributed by atoms with van der Waals surface area (Å²) >= 11 is 0. The van der Waals surface area contributed by atoms with Crippen molar-refractivity contribution >= 4 is 11.9 Å². The highest BCUT2D eigenvalue weighted by Crippen LogP contribution is 2.29. The summed E-state index contributed by atoms with van der Waals surface area (Å²) in [7, 11) is 0. The summed E-state index contributed by atoms with van der Waals surface area (Å²) < 4.78 is 1.45. The molecule has 0 spiro atoms. The molecule has 120 valence electrons. The molecular formula is C16H18N4O3. The van der Waals surface area contributed by atoms with E-state index >= 15 is 0 Å². The molecule has 0 bridgehead atoms. The molecule has 1 atom stereocenters. The number of carboxylic acids is 1. The first-order valence-corrected chi connectivity index (χ1v) is 7.55. The first-order chi connectivity index (χ1) is 11.1. The number of nitrogens with zero attached hydrogens (tertiary/aromatic N) is 4. The second kappa shape index (κ2) is 6.20. The summed E-state index contributed by atoms with van der Waals surface area (Å²) in [5.41, 5.74) is 0.872. The van der Waals surface area contributed by atoms with Gasteiger partial charge in [-0.05, 0) is 19.8 Å². The molecular weight excluding hydrogens is 296 g/mol. The van der Waals surface area contributed by atoms with Crippen LogP contribution in [0.4, 0.5) is 0 Å². The van der Waals surface area contributed by atoms with Gasteiger partial charge in [0.25, 0.3) is 0 Å². The van der Waals surface area contributed by atoms with E-state index in [2.05, 4.69) is 10.1 Å². The van der Waals surface area contributed by atoms with Gasteiger partial charge in [-0.25, -0.2) is 14.5 Å². The van der Waals surface area contributed by atoms with E-state index in [0.29, 0.717) is 5.82 Å². The number of rotatable bonds is 6. The van der Waals surface area contributed by atoms with E-state index in [9.17, 15) is 9.59 Å². The highest BCUT2D eigenvalue weighted by Gasteiger charge is 2.38. The molecule has 0 radical (unpaired) electrons. The predicted octanol–water partition coefficient (Wildman–Crippen LogP) is 1.41. The molecule has 7 nitrogen and oxygen atoms in total. The lowest BCUT2D eigenvalue weighted by molar-refractivity contribution is -0.150. The van der Waals surface area contributed by atoms with Crippen LogP contribution in [0.5, 0.6) is 0 Å². The molecule has 0 aliphatic heterocycles. The van der Waals surface area contributed by atoms with Gasteiger partial charge < -0.3 is 10.0 Å². The second-order valence-electron chi connectivity index (χ2n) is 5.68. The van der Waals surface area contributed by atoms with Gasteiger partial charge in [0.1, 0.15) is 18.9 Å². The molecule has 7 heteroatoms. The summed E-state index contributed by atoms with van der Waals surface area (Å²) in [4.78, 5) is 29.3. The molecule has 1 unspecified atom stereocenters. The van der Waals surface area contributed by atoms with E-state index in [0.717, 1.165) is 18.4 Å². The topological polar surface area (TPSA) is 88.3 Å². The van der Waals surface area contributed by atoms with Crippen molar-refractivity contribution < 1.29 is 14.7 Å². The predicted molar refractivity (Wildman–Crippen MR) is 82.4 cm³/mol. The first-order valence-electron chi connectivity index (χ1n) is 7.55. The third-order valence-corrected chi connectivity index (χ3v) is 3.87. The Morgan fingerprint density at radius 1 is 1.35 bits per heavy atom. The minimum Gasteiger partial charge on any atom is -0.480 e. The Morgan fingerprint density at radius 3 is 2.65 bits per heavy atom. The summed E-state index contributed by atoms with van der Waals surface area (Å²) in [6.45, 7) is 1.53. The third kappa shape index (κ3) is 3.39. The van der Waals surface area contributed by atoms with E-state index in [1.807, 2.05) is 30.3 Å². The van der Waals surface area contributed by atoms with Crippen molar-refractivity contribution in [1.82, 2.24) is 19.7 Å². The van der Waals surface area contributed by atoms with Crippen molar-refractivity contribution in [3.05, 3.63) is 36.7 Å². The van der Waals surface area contributed by atoms with Crippen LogP contribution in [0.15, 0.2) is 36.7 Å². The number of carbonyl (C=O) groups is 2. The van der Waals surface area contributed by atoms with Crippen LogP contribution < -0.4 is 0 Å². The molecule has 1 saturated carbocycles. The quantitative estimate of drug-likeness (QED) is 0.871. The van der Waals surface area contributed by atoms with Gasteiger partial charge in [0.05, 0.1) is 0 Å². The largest absolute Gasteiger partial charge is 0.480 e. The molecule has 1 fully saturated rings. The Labute approximate surface area is 133 Å². The van der Waals surface area contributed by atoms with E-state index in [-0.39, 0.29) is 18.5 Å². The maximum atomic E-state index is 12.5. The smallest absolute Gasteiger partial charge is 0.326 e. The number of amides is 1. The minimum absolute atomic E-state index is 0.00600. The number of carbonyl (C=O) groups excluding carboxylic acids is 1. The van der Waals surface area contributed by atoms with Crippen LogP contribution >= 0.6 is 0 Å². The van der Waals surface area contributed by atoms with Crippen LogP contribution in [0.3, 0.4) is 0 Å². The van der Waals surface area contributed by atoms with E-state index < -0.39 is 12.0 Å². The number of hydrogen-bond donors (Lipinski definition) is 1. The number of aliphatic carboxylic acids is 1. The molecule has 1 aliphatic rings. The lowest BCUT2D eigenvalue weighted by atomic mass is 10.2. The van der Waals surface area contributed by atoms with Crippen molar-refractivity contribution in [3.63, 3.8) is 0 Å². The molecule has 1 heterocycles. The maximum absolute atomic E-state index is 12.5. The first kappa shape index (κ1) is 15.2. The summed E-state index contributed by atoms with van der Waals surface area (Å²) in [5.74, 6) is -0.691. The van der Waals surface area contributed by atoms with Gasteiger partial charge in [-0.2, -0.15) is 5.10 Å². The summed E-state index contributed by atoms with van der Waals surface area (Å²) in [6.07, 6.45) is 3.21. The third-order valence-electron chi connectivity index (χ3n) is 3.87. The Balaban J connectivity index is 1.72. The van der Waals surface area contributed by atoms with Gasteiger partial charge in [0.2, 0.25) is 5.91 Å². The highest BCUT2D eigenvalue weighted by atomic mass is 16.4. The fourth-order valence-corrected chi connectivity index (χ4v) is 2.52. The molecule has 1 aromatic heterocycles. The van der Waals surface area contributed by atoms with E-state index in [1.54, 1.807) is 0 Å². The SMILES string of the molecule is CC(C(=O)O)N(C(=O)Cn1cnc(-c2ccccc2)n1)C1CC1. The normalized spacial score (nSPS) is 15.2. The lowest BCUT2D eigenvalue weighted by Gasteiger charge is -2.26. The molecule has 2 aromatic rings. The zero-order valence-electron chi connectivity index (χ0n) is 12.8. The number of hydrogen-bond acceptors (Lipinski definition) is 4. The van der Waals surface area contributed by atoms with Crippen LogP contribution in [0.1, 0.15) is 19.8 Å². The van der Waals surface area contributed by atoms with Crippen molar-refractivity contribution in [2.45, 2.75) is 38.4 Å². The van der Waals surface area contributed by atoms with Gasteiger partial charge in [-0.15, -0.1) is 0 Å². The number of benzene rings is 1. The zero-order valence-corrected chi connectivity index (χ0v) is 12.8. The molecule has 0 saturated heterocycles. The van der Waals surface area contributed by atoms with Crippen LogP contribution in [-0.2, 0) is 16.1 Å². The Bertz CT molecular complexity index is 709. The van der Waals surface area contributed by atoms with Crippen molar-refractivity contribution in [2.75, 3.05) is 0 Å². The van der Waals surface area contributed by atoms with Crippen molar-refractivity contribution in [2.24, 2.45) is 0 Å². The van der Waals surface area contributed by atoms with Crippen LogP contribution in [-0.4, -0.2) is 48.7 Å². The standard InChI is InChI=1S/C16H18N4O3/c1-11(16(22)23)20(13-7-8-13)14(21)9-19-10-17-15(18-19)12-5-3-2-4-6-12/h2-6,10-11,13H,7-9H2,1H3,(H,22,23). The van der Waals surface area contributed by atoms with Crippen LogP contribution in [0.2, 0.25) is 0 Å². The summed E-state index contributed by atoms with van der Waals surface area (Å²) in [5, 5.41) is 13.5. The molecule has 1 amide bonds. The second-order valence-corrected chi connectivity index (χ2v) is 5.68. The van der Waals surface area contributed by atoms with Gasteiger partial charge >= 0.3 is 5.97 Å². The zero-order chi connectivity index (χ0) is 16.4. The lowest BCUT2D eigenvalue weighted by Crippen LogP contribution is -2.46. The molecule has 23 heavy (non-hydrogen) atoms. The fourth-order valence-electron chi connectivity index (χ4n) is 2.52. The van der Waals surface area contributed by atoms with Gasteiger partial charge in [-0.1, -0.05) is 30.3 Å². The Morgan fingerprint density at radius 2 is 2.04 bits per heavy atom. The molecule has 1 N–H and O–H groups in total. The molecule has 1 aromatic carbocycles. The van der Waals surface area contributed by atoms with Crippen LogP contribution in [0.25, 0.3) is 11.4 Å². The van der Waals surface area contributed by atoms with Crippen molar-refractivity contribution in [3.8, 4) is 11.4 Å². The molecule has 1 aliphatic carbocycles. The van der Waals surface area contributed by atoms with E-state index in [1.165, 1.54) is 22.8 Å². The molecule has 3 rings (SSSR count). The maximum Gasteiger partial charge on any atom is 0.326 e.